The van der Waals surface area contributed by atoms with E-state index in [4.69, 9.17) is 9.47 Å². The molecule has 1 heterocycles. The minimum atomic E-state index is -0.407. The van der Waals surface area contributed by atoms with Gasteiger partial charge in [0.05, 0.1) is 30.4 Å². The third kappa shape index (κ3) is 9.02. The molecule has 8 heteroatoms. The number of carbonyl (C=O) groups excluding carboxylic acids is 2. The van der Waals surface area contributed by atoms with Gasteiger partial charge in [0.25, 0.3) is 11.8 Å². The average Bonchev–Trinajstić information content (AvgIpc) is 3.78. The number of nitrogens with one attached hydrogen (secondary N) is 1. The van der Waals surface area contributed by atoms with Crippen molar-refractivity contribution in [1.82, 2.24) is 9.80 Å². The van der Waals surface area contributed by atoms with Crippen LogP contribution in [-0.4, -0.2) is 84.9 Å². The quantitative estimate of drug-likeness (QED) is 0.464. The summed E-state index contributed by atoms with van der Waals surface area (Å²) in [7, 11) is 2.15. The summed E-state index contributed by atoms with van der Waals surface area (Å²) in [6.07, 6.45) is 5.20. The first-order valence-electron chi connectivity index (χ1n) is 15.1. The van der Waals surface area contributed by atoms with E-state index in [1.807, 2.05) is 32.0 Å². The number of aliphatic hydroxyl groups excluding tert-OH is 1. The lowest BCUT2D eigenvalue weighted by Gasteiger charge is -2.36. The van der Waals surface area contributed by atoms with Crippen LogP contribution in [0.2, 0.25) is 0 Å². The Hall–Kier alpha value is -2.94. The van der Waals surface area contributed by atoms with Crippen LogP contribution in [0.15, 0.2) is 48.5 Å². The van der Waals surface area contributed by atoms with Crippen LogP contribution in [0.4, 0.5) is 5.69 Å². The highest BCUT2D eigenvalue weighted by Gasteiger charge is 2.31. The van der Waals surface area contributed by atoms with Crippen LogP contribution in [0.25, 0.3) is 0 Å². The maximum absolute atomic E-state index is 14.2. The molecule has 224 valence electrons. The van der Waals surface area contributed by atoms with Gasteiger partial charge in [-0.05, 0) is 89.2 Å². The van der Waals surface area contributed by atoms with Crippen LogP contribution in [0, 0.1) is 11.8 Å². The first-order chi connectivity index (χ1) is 19.7. The van der Waals surface area contributed by atoms with Crippen LogP contribution in [0.3, 0.4) is 0 Å². The van der Waals surface area contributed by atoms with Crippen molar-refractivity contribution in [2.75, 3.05) is 45.2 Å². The summed E-state index contributed by atoms with van der Waals surface area (Å²) in [6.45, 7) is 8.80. The van der Waals surface area contributed by atoms with Crippen LogP contribution >= 0.6 is 0 Å². The van der Waals surface area contributed by atoms with Gasteiger partial charge in [-0.25, -0.2) is 0 Å². The molecule has 2 N–H and O–H groups in total. The Balaban J connectivity index is 1.62. The highest BCUT2D eigenvalue weighted by Crippen LogP contribution is 2.31. The highest BCUT2D eigenvalue weighted by molar-refractivity contribution is 6.05. The van der Waals surface area contributed by atoms with Crippen molar-refractivity contribution < 1.29 is 24.2 Å². The smallest absolute Gasteiger partial charge is 0.258 e. The molecule has 2 aliphatic rings. The van der Waals surface area contributed by atoms with Gasteiger partial charge < -0.3 is 29.7 Å². The second kappa shape index (κ2) is 14.8. The molecule has 41 heavy (non-hydrogen) atoms. The van der Waals surface area contributed by atoms with E-state index < -0.39 is 6.04 Å². The van der Waals surface area contributed by atoms with Crippen molar-refractivity contribution in [3.05, 3.63) is 59.7 Å². The second-order valence-electron chi connectivity index (χ2n) is 12.0. The lowest BCUT2D eigenvalue weighted by atomic mass is 10.0. The lowest BCUT2D eigenvalue weighted by Crippen LogP contribution is -2.47. The Morgan fingerprint density at radius 1 is 1.10 bits per heavy atom. The van der Waals surface area contributed by atoms with Gasteiger partial charge in [0.2, 0.25) is 0 Å². The van der Waals surface area contributed by atoms with Crippen molar-refractivity contribution in [3.8, 4) is 5.75 Å². The van der Waals surface area contributed by atoms with E-state index in [2.05, 4.69) is 24.2 Å². The number of amides is 2. The third-order valence-electron chi connectivity index (χ3n) is 8.10. The number of hydrogen-bond donors (Lipinski definition) is 2. The molecule has 1 fully saturated rings. The van der Waals surface area contributed by atoms with Gasteiger partial charge in [0, 0.05) is 43.4 Å². The fraction of sp³-hybridized carbons (Fsp3) is 0.576. The molecule has 0 unspecified atom stereocenters. The number of nitrogens with zero attached hydrogens (tertiary/aromatic N) is 2. The molecule has 4 atom stereocenters. The molecule has 0 saturated heterocycles. The molecule has 1 aliphatic heterocycles. The normalized spacial score (nSPS) is 23.3. The molecule has 0 aromatic heterocycles. The zero-order chi connectivity index (χ0) is 29.4. The number of fused-ring (bicyclic) bond motifs is 1. The number of carbonyl (C=O) groups is 2. The van der Waals surface area contributed by atoms with Crippen LogP contribution < -0.4 is 10.1 Å². The molecule has 2 amide bonds. The first-order valence-corrected chi connectivity index (χ1v) is 15.1. The Labute approximate surface area is 245 Å². The fourth-order valence-electron chi connectivity index (χ4n) is 5.38. The van der Waals surface area contributed by atoms with E-state index >= 15 is 0 Å². The number of benzene rings is 2. The zero-order valence-corrected chi connectivity index (χ0v) is 25.1. The number of aliphatic hydroxyl groups is 1. The highest BCUT2D eigenvalue weighted by atomic mass is 16.5. The topological polar surface area (TPSA) is 91.3 Å². The predicted molar refractivity (Wildman–Crippen MR) is 161 cm³/mol. The van der Waals surface area contributed by atoms with Gasteiger partial charge in [-0.3, -0.25) is 9.59 Å². The van der Waals surface area contributed by atoms with Gasteiger partial charge in [0.1, 0.15) is 5.75 Å². The summed E-state index contributed by atoms with van der Waals surface area (Å²) in [5.74, 6) is 0.825. The van der Waals surface area contributed by atoms with Gasteiger partial charge in [-0.1, -0.05) is 25.1 Å². The minimum absolute atomic E-state index is 0.0347. The monoisotopic (exact) mass is 565 g/mol. The van der Waals surface area contributed by atoms with Crippen LogP contribution in [-0.2, 0) is 4.74 Å². The lowest BCUT2D eigenvalue weighted by molar-refractivity contribution is -0.0172. The first kappa shape index (κ1) is 31.0. The molecule has 0 bridgehead atoms. The molecular formula is C33H47N3O5. The van der Waals surface area contributed by atoms with Crippen LogP contribution in [0.1, 0.15) is 73.6 Å². The Bertz CT molecular complexity index is 1140. The molecule has 1 saturated carbocycles. The third-order valence-corrected chi connectivity index (χ3v) is 8.10. The molecule has 0 radical (unpaired) electrons. The zero-order valence-electron chi connectivity index (χ0n) is 25.1. The van der Waals surface area contributed by atoms with Crippen molar-refractivity contribution in [2.45, 2.75) is 71.1 Å². The second-order valence-corrected chi connectivity index (χ2v) is 12.0. The molecule has 0 spiro atoms. The van der Waals surface area contributed by atoms with Gasteiger partial charge in [-0.2, -0.15) is 0 Å². The van der Waals surface area contributed by atoms with E-state index in [0.717, 1.165) is 38.3 Å². The van der Waals surface area contributed by atoms with Crippen molar-refractivity contribution in [1.29, 1.82) is 0 Å². The summed E-state index contributed by atoms with van der Waals surface area (Å²) in [4.78, 5) is 31.2. The molecule has 2 aromatic rings. The van der Waals surface area contributed by atoms with Gasteiger partial charge in [0.15, 0.2) is 0 Å². The van der Waals surface area contributed by atoms with Crippen LogP contribution in [0.5, 0.6) is 5.75 Å². The molecule has 1 aliphatic carbocycles. The number of likely N-dealkylation sites (N-methyl/N-ethyl adjacent to an activating group) is 1. The summed E-state index contributed by atoms with van der Waals surface area (Å²) in [6, 6.07) is 13.8. The largest absolute Gasteiger partial charge is 0.490 e. The minimum Gasteiger partial charge on any atom is -0.490 e. The van der Waals surface area contributed by atoms with E-state index in [1.165, 1.54) is 12.8 Å². The summed E-state index contributed by atoms with van der Waals surface area (Å²) < 4.78 is 12.7. The van der Waals surface area contributed by atoms with Crippen molar-refractivity contribution in [3.63, 3.8) is 0 Å². The van der Waals surface area contributed by atoms with E-state index in [1.54, 1.807) is 35.2 Å². The van der Waals surface area contributed by atoms with Gasteiger partial charge in [-0.15, -0.1) is 0 Å². The maximum Gasteiger partial charge on any atom is 0.258 e. The Morgan fingerprint density at radius 2 is 1.85 bits per heavy atom. The standard InChI is InChI=1S/C33H47N3O5/c1-23-19-36(24(2)22-37)33(39)29-18-28(34-32(38)27-11-6-5-7-12-27)15-16-30(29)41-25(3)10-8-9-17-40-31(23)21-35(4)20-26-13-14-26/h5-7,11-12,15-16,18,23-26,31,37H,8-10,13-14,17,19-22H2,1-4H3,(H,34,38)/t23-,24-,25-,31+/m1/s1. The molecule has 4 rings (SSSR count). The SMILES string of the molecule is C[C@@H]1CCCCO[C@@H](CN(C)CC2CC2)[C@H](C)CN([C@H](C)CO)C(=O)c2cc(NC(=O)c3ccccc3)ccc2O1. The Kier molecular flexibility index (Phi) is 11.2. The molecule has 8 nitrogen and oxygen atoms in total. The van der Waals surface area contributed by atoms with E-state index in [-0.39, 0.29) is 36.5 Å². The summed E-state index contributed by atoms with van der Waals surface area (Å²) >= 11 is 0. The summed E-state index contributed by atoms with van der Waals surface area (Å²) in [5, 5.41) is 13.1. The van der Waals surface area contributed by atoms with E-state index in [9.17, 15) is 14.7 Å². The maximum atomic E-state index is 14.2. The predicted octanol–water partition coefficient (Wildman–Crippen LogP) is 5.08. The Morgan fingerprint density at radius 3 is 2.56 bits per heavy atom. The van der Waals surface area contributed by atoms with Gasteiger partial charge >= 0.3 is 0 Å². The number of rotatable bonds is 8. The van der Waals surface area contributed by atoms with Crippen molar-refractivity contribution >= 4 is 17.5 Å². The van der Waals surface area contributed by atoms with E-state index in [0.29, 0.717) is 35.7 Å². The molecular weight excluding hydrogens is 518 g/mol. The fourth-order valence-corrected chi connectivity index (χ4v) is 5.38. The van der Waals surface area contributed by atoms with Crippen molar-refractivity contribution in [2.24, 2.45) is 11.8 Å². The number of ether oxygens (including phenoxy) is 2. The molecule has 2 aromatic carbocycles. The average molecular weight is 566 g/mol. The number of hydrogen-bond acceptors (Lipinski definition) is 6. The number of anilines is 1. The summed E-state index contributed by atoms with van der Waals surface area (Å²) in [5.41, 5.74) is 1.41.